The van der Waals surface area contributed by atoms with E-state index in [0.29, 0.717) is 29.4 Å². The number of fused-ring (bicyclic) bond motifs is 3. The molecule has 10 heteroatoms. The molecule has 39 heavy (non-hydrogen) atoms. The van der Waals surface area contributed by atoms with Crippen molar-refractivity contribution in [3.05, 3.63) is 53.5 Å². The van der Waals surface area contributed by atoms with Crippen LogP contribution in [0.3, 0.4) is 0 Å². The van der Waals surface area contributed by atoms with Crippen LogP contribution in [0, 0.1) is 31.1 Å². The number of H-pyrrole nitrogens is 1. The lowest BCUT2D eigenvalue weighted by atomic mass is 9.98. The lowest BCUT2D eigenvalue weighted by molar-refractivity contribution is -0.161. The molecule has 0 aliphatic heterocycles. The van der Waals surface area contributed by atoms with Crippen molar-refractivity contribution in [2.75, 3.05) is 0 Å². The number of nitrogens with one attached hydrogen (secondary N) is 3. The number of nitriles is 1. The maximum absolute atomic E-state index is 14.4. The van der Waals surface area contributed by atoms with Crippen molar-refractivity contribution < 1.29 is 22.4 Å². The van der Waals surface area contributed by atoms with Gasteiger partial charge in [0.2, 0.25) is 5.91 Å². The van der Waals surface area contributed by atoms with Crippen LogP contribution in [0.5, 0.6) is 0 Å². The Balaban J connectivity index is 1.49. The molecule has 0 saturated heterocycles. The SMILES string of the molecule is Cc1nc(C)c(-c2ccc3oc4cc(C(NC(CC(C)C)C(=O)NC5(C#N)CC5)C(F)(F)F)ccc4c3c2)[nH]1. The lowest BCUT2D eigenvalue weighted by Gasteiger charge is -2.29. The van der Waals surface area contributed by atoms with Crippen LogP contribution in [0.15, 0.2) is 40.8 Å². The van der Waals surface area contributed by atoms with Crippen LogP contribution in [0.25, 0.3) is 33.2 Å². The fraction of sp³-hybridized carbons (Fsp3) is 0.414. The summed E-state index contributed by atoms with van der Waals surface area (Å²) in [6, 6.07) is 8.87. The second kappa shape index (κ2) is 9.72. The smallest absolute Gasteiger partial charge is 0.407 e. The summed E-state index contributed by atoms with van der Waals surface area (Å²) >= 11 is 0. The molecular formula is C29H30F3N5O2. The number of carbonyl (C=O) groups excluding carboxylic acids is 1. The van der Waals surface area contributed by atoms with Crippen LogP contribution in [0.1, 0.15) is 56.2 Å². The number of amides is 1. The van der Waals surface area contributed by atoms with Crippen molar-refractivity contribution in [1.29, 1.82) is 5.26 Å². The molecule has 1 saturated carbocycles. The molecule has 2 aromatic heterocycles. The van der Waals surface area contributed by atoms with E-state index in [1.807, 2.05) is 39.8 Å². The number of hydrogen-bond acceptors (Lipinski definition) is 5. The molecule has 1 amide bonds. The van der Waals surface area contributed by atoms with Gasteiger partial charge in [0.15, 0.2) is 0 Å². The number of furan rings is 1. The zero-order valence-corrected chi connectivity index (χ0v) is 22.2. The van der Waals surface area contributed by atoms with Crippen LogP contribution >= 0.6 is 0 Å². The van der Waals surface area contributed by atoms with Gasteiger partial charge in [-0.1, -0.05) is 26.0 Å². The maximum atomic E-state index is 14.4. The van der Waals surface area contributed by atoms with Gasteiger partial charge >= 0.3 is 6.18 Å². The molecule has 3 N–H and O–H groups in total. The van der Waals surface area contributed by atoms with E-state index < -0.39 is 29.7 Å². The Morgan fingerprint density at radius 3 is 2.49 bits per heavy atom. The van der Waals surface area contributed by atoms with Gasteiger partial charge in [-0.2, -0.15) is 18.4 Å². The number of halogens is 3. The third-order valence-corrected chi connectivity index (χ3v) is 7.17. The Morgan fingerprint density at radius 2 is 1.90 bits per heavy atom. The van der Waals surface area contributed by atoms with Gasteiger partial charge in [0.25, 0.3) is 0 Å². The number of carbonyl (C=O) groups is 1. The van der Waals surface area contributed by atoms with Gasteiger partial charge in [0.05, 0.1) is 23.5 Å². The Bertz CT molecular complexity index is 1590. The fourth-order valence-electron chi connectivity index (χ4n) is 5.03. The summed E-state index contributed by atoms with van der Waals surface area (Å²) in [7, 11) is 0. The first kappa shape index (κ1) is 26.8. The molecule has 2 aromatic carbocycles. The largest absolute Gasteiger partial charge is 0.456 e. The molecule has 7 nitrogen and oxygen atoms in total. The topological polar surface area (TPSA) is 107 Å². The minimum Gasteiger partial charge on any atom is -0.456 e. The molecule has 1 aliphatic carbocycles. The summed E-state index contributed by atoms with van der Waals surface area (Å²) < 4.78 is 49.1. The van der Waals surface area contributed by atoms with E-state index in [-0.39, 0.29) is 17.9 Å². The summed E-state index contributed by atoms with van der Waals surface area (Å²) in [6.45, 7) is 7.45. The Kier molecular flexibility index (Phi) is 6.67. The summed E-state index contributed by atoms with van der Waals surface area (Å²) in [5.74, 6) is 0.145. The Hall–Kier alpha value is -3.84. The van der Waals surface area contributed by atoms with E-state index in [0.717, 1.165) is 28.2 Å². The van der Waals surface area contributed by atoms with Gasteiger partial charge in [0.1, 0.15) is 28.6 Å². The quantitative estimate of drug-likeness (QED) is 0.242. The van der Waals surface area contributed by atoms with Gasteiger partial charge in [0, 0.05) is 16.3 Å². The van der Waals surface area contributed by atoms with E-state index in [9.17, 15) is 23.2 Å². The zero-order chi connectivity index (χ0) is 28.1. The summed E-state index contributed by atoms with van der Waals surface area (Å²) in [6.07, 6.45) is -3.50. The first-order chi connectivity index (χ1) is 18.4. The first-order valence-electron chi connectivity index (χ1n) is 12.9. The third kappa shape index (κ3) is 5.36. The highest BCUT2D eigenvalue weighted by Gasteiger charge is 2.47. The summed E-state index contributed by atoms with van der Waals surface area (Å²) in [4.78, 5) is 20.6. The second-order valence-corrected chi connectivity index (χ2v) is 10.9. The molecule has 0 spiro atoms. The minimum absolute atomic E-state index is 0.0475. The van der Waals surface area contributed by atoms with Crippen LogP contribution in [-0.4, -0.2) is 33.6 Å². The van der Waals surface area contributed by atoms with Crippen molar-refractivity contribution in [3.8, 4) is 17.3 Å². The highest BCUT2D eigenvalue weighted by Crippen LogP contribution is 2.39. The average Bonchev–Trinajstić information content (AvgIpc) is 3.42. The summed E-state index contributed by atoms with van der Waals surface area (Å²) in [5.41, 5.74) is 2.47. The normalized spacial score (nSPS) is 16.4. The number of benzene rings is 2. The molecule has 2 heterocycles. The van der Waals surface area contributed by atoms with E-state index in [1.165, 1.54) is 12.1 Å². The standard InChI is InChI=1S/C29H30F3N5O2/c1-15(2)11-22(27(38)37-28(14-33)9-10-28)36-26(29(30,31)32)19-5-7-20-21-12-18(25-16(3)34-17(4)35-25)6-8-23(21)39-24(20)13-19/h5-8,12-13,15,22,26,36H,9-11H2,1-4H3,(H,34,35)(H,37,38). The number of aryl methyl sites for hydroxylation is 2. The number of aromatic amines is 1. The molecule has 204 valence electrons. The van der Waals surface area contributed by atoms with Crippen molar-refractivity contribution in [3.63, 3.8) is 0 Å². The molecule has 4 aromatic rings. The van der Waals surface area contributed by atoms with Crippen molar-refractivity contribution in [1.82, 2.24) is 20.6 Å². The number of hydrogen-bond donors (Lipinski definition) is 3. The first-order valence-corrected chi connectivity index (χ1v) is 12.9. The number of alkyl halides is 3. The number of imidazole rings is 1. The molecule has 5 rings (SSSR count). The second-order valence-electron chi connectivity index (χ2n) is 10.9. The number of aromatic nitrogens is 2. The predicted octanol–water partition coefficient (Wildman–Crippen LogP) is 6.37. The molecule has 0 bridgehead atoms. The Morgan fingerprint density at radius 1 is 1.15 bits per heavy atom. The van der Waals surface area contributed by atoms with E-state index >= 15 is 0 Å². The fourth-order valence-corrected chi connectivity index (χ4v) is 5.03. The van der Waals surface area contributed by atoms with Crippen LogP contribution < -0.4 is 10.6 Å². The van der Waals surface area contributed by atoms with Crippen molar-refractivity contribution in [2.24, 2.45) is 5.92 Å². The van der Waals surface area contributed by atoms with Crippen LogP contribution in [0.4, 0.5) is 13.2 Å². The van der Waals surface area contributed by atoms with Gasteiger partial charge in [-0.15, -0.1) is 0 Å². The van der Waals surface area contributed by atoms with Crippen molar-refractivity contribution >= 4 is 27.8 Å². The predicted molar refractivity (Wildman–Crippen MR) is 142 cm³/mol. The summed E-state index contributed by atoms with van der Waals surface area (Å²) in [5, 5.41) is 16.0. The average molecular weight is 538 g/mol. The molecular weight excluding hydrogens is 507 g/mol. The van der Waals surface area contributed by atoms with Crippen LogP contribution in [-0.2, 0) is 4.79 Å². The number of rotatable bonds is 8. The third-order valence-electron chi connectivity index (χ3n) is 7.17. The zero-order valence-electron chi connectivity index (χ0n) is 22.2. The van der Waals surface area contributed by atoms with Crippen LogP contribution in [0.2, 0.25) is 0 Å². The van der Waals surface area contributed by atoms with E-state index in [1.54, 1.807) is 12.1 Å². The van der Waals surface area contributed by atoms with Gasteiger partial charge in [-0.3, -0.25) is 10.1 Å². The maximum Gasteiger partial charge on any atom is 0.407 e. The van der Waals surface area contributed by atoms with Gasteiger partial charge in [-0.05, 0) is 68.9 Å². The van der Waals surface area contributed by atoms with Crippen molar-refractivity contribution in [2.45, 2.75) is 70.8 Å². The molecule has 2 atom stereocenters. The lowest BCUT2D eigenvalue weighted by Crippen LogP contribution is -2.52. The van der Waals surface area contributed by atoms with Gasteiger partial charge in [-0.25, -0.2) is 4.98 Å². The molecule has 1 fully saturated rings. The highest BCUT2D eigenvalue weighted by molar-refractivity contribution is 6.06. The number of nitrogens with zero attached hydrogens (tertiary/aromatic N) is 2. The van der Waals surface area contributed by atoms with E-state index in [4.69, 9.17) is 4.42 Å². The highest BCUT2D eigenvalue weighted by atomic mass is 19.4. The van der Waals surface area contributed by atoms with E-state index in [2.05, 4.69) is 26.7 Å². The molecule has 2 unspecified atom stereocenters. The molecule has 1 aliphatic rings. The minimum atomic E-state index is -4.68. The monoisotopic (exact) mass is 537 g/mol. The van der Waals surface area contributed by atoms with Gasteiger partial charge < -0.3 is 14.7 Å². The Labute approximate surface area is 223 Å². The molecule has 0 radical (unpaired) electrons.